The zero-order valence-corrected chi connectivity index (χ0v) is 11.4. The van der Waals surface area contributed by atoms with Crippen LogP contribution in [0.15, 0.2) is 17.7 Å². The van der Waals surface area contributed by atoms with Gasteiger partial charge in [0.15, 0.2) is 0 Å². The molecule has 0 aromatic heterocycles. The van der Waals surface area contributed by atoms with Crippen molar-refractivity contribution in [1.82, 2.24) is 0 Å². The van der Waals surface area contributed by atoms with Crippen LogP contribution in [-0.4, -0.2) is 13.2 Å². The molecule has 0 unspecified atom stereocenters. The van der Waals surface area contributed by atoms with E-state index in [-0.39, 0.29) is 46.5 Å². The molecule has 1 radical (unpaired) electrons. The predicted octanol–water partition coefficient (Wildman–Crippen LogP) is -3.50. The van der Waals surface area contributed by atoms with Crippen molar-refractivity contribution in [2.24, 2.45) is 0 Å². The number of allylic oxidation sites excluding steroid dienone is 4. The minimum Gasteiger partial charge on any atom is -1.00 e. The SMILES string of the molecule is C1CCOC1.CC1=[C-]CC=C1.[Cl-].[Cl-].[Ti+3]. The molecule has 1 fully saturated rings. The second-order valence-corrected chi connectivity index (χ2v) is 2.79. The molecule has 0 spiro atoms. The molecule has 0 aromatic carbocycles. The maximum Gasteiger partial charge on any atom is 3.00 e. The quantitative estimate of drug-likeness (QED) is 0.328. The van der Waals surface area contributed by atoms with E-state index in [9.17, 15) is 0 Å². The minimum atomic E-state index is 0. The Morgan fingerprint density at radius 1 is 1.21 bits per heavy atom. The summed E-state index contributed by atoms with van der Waals surface area (Å²) in [6.45, 7) is 4.06. The van der Waals surface area contributed by atoms with Gasteiger partial charge in [0.1, 0.15) is 0 Å². The number of hydrogen-bond acceptors (Lipinski definition) is 1. The van der Waals surface area contributed by atoms with E-state index in [0.29, 0.717) is 0 Å². The summed E-state index contributed by atoms with van der Waals surface area (Å²) in [7, 11) is 0. The molecule has 14 heavy (non-hydrogen) atoms. The van der Waals surface area contributed by atoms with E-state index < -0.39 is 0 Å². The van der Waals surface area contributed by atoms with Gasteiger partial charge in [0.25, 0.3) is 0 Å². The monoisotopic (exact) mass is 269 g/mol. The predicted molar refractivity (Wildman–Crippen MR) is 46.2 cm³/mol. The van der Waals surface area contributed by atoms with Crippen LogP contribution in [0.2, 0.25) is 0 Å². The minimum absolute atomic E-state index is 0. The number of halogens is 2. The van der Waals surface area contributed by atoms with Crippen molar-refractivity contribution in [2.45, 2.75) is 26.2 Å². The second kappa shape index (κ2) is 13.7. The molecule has 0 amide bonds. The molecule has 2 rings (SSSR count). The maximum absolute atomic E-state index is 4.94. The molecular formula is C10H15Cl2OTi. The van der Waals surface area contributed by atoms with Crippen molar-refractivity contribution in [1.29, 1.82) is 0 Å². The molecule has 1 heterocycles. The van der Waals surface area contributed by atoms with Crippen LogP contribution in [0, 0.1) is 6.08 Å². The zero-order valence-electron chi connectivity index (χ0n) is 8.35. The molecule has 1 aliphatic heterocycles. The Hall–Kier alpha value is 0.734. The third-order valence-electron chi connectivity index (χ3n) is 1.69. The largest absolute Gasteiger partial charge is 3.00 e. The van der Waals surface area contributed by atoms with Crippen molar-refractivity contribution in [2.75, 3.05) is 13.2 Å². The molecule has 79 valence electrons. The first-order valence-corrected chi connectivity index (χ1v) is 4.21. The molecule has 1 saturated heterocycles. The van der Waals surface area contributed by atoms with E-state index in [1.54, 1.807) is 0 Å². The van der Waals surface area contributed by atoms with Crippen LogP contribution in [0.25, 0.3) is 0 Å². The van der Waals surface area contributed by atoms with Gasteiger partial charge in [-0.15, -0.1) is 6.42 Å². The molecule has 1 nitrogen and oxygen atoms in total. The fourth-order valence-electron chi connectivity index (χ4n) is 1.02. The molecule has 4 heteroatoms. The summed E-state index contributed by atoms with van der Waals surface area (Å²) in [5.74, 6) is 0. The summed E-state index contributed by atoms with van der Waals surface area (Å²) in [4.78, 5) is 0. The summed E-state index contributed by atoms with van der Waals surface area (Å²) in [5, 5.41) is 0. The van der Waals surface area contributed by atoms with Crippen molar-refractivity contribution in [3.63, 3.8) is 0 Å². The molecule has 1 aliphatic carbocycles. The van der Waals surface area contributed by atoms with E-state index in [1.165, 1.54) is 18.4 Å². The Morgan fingerprint density at radius 3 is 1.93 bits per heavy atom. The first-order valence-electron chi connectivity index (χ1n) is 4.21. The molecular weight excluding hydrogens is 255 g/mol. The van der Waals surface area contributed by atoms with Gasteiger partial charge in [-0.25, -0.2) is 11.6 Å². The number of hydrogen-bond donors (Lipinski definition) is 0. The van der Waals surface area contributed by atoms with Crippen molar-refractivity contribution in [3.8, 4) is 0 Å². The number of rotatable bonds is 0. The van der Waals surface area contributed by atoms with E-state index >= 15 is 0 Å². The fraction of sp³-hybridized carbons (Fsp3) is 0.600. The first kappa shape index (κ1) is 20.2. The molecule has 0 N–H and O–H groups in total. The van der Waals surface area contributed by atoms with Gasteiger partial charge < -0.3 is 29.6 Å². The summed E-state index contributed by atoms with van der Waals surface area (Å²) >= 11 is 0. The maximum atomic E-state index is 4.94. The molecule has 2 aliphatic rings. The van der Waals surface area contributed by atoms with E-state index in [1.807, 2.05) is 0 Å². The van der Waals surface area contributed by atoms with Crippen LogP contribution in [-0.2, 0) is 26.5 Å². The summed E-state index contributed by atoms with van der Waals surface area (Å²) in [6, 6.07) is 0. The Balaban J connectivity index is -0.000000144. The Kier molecular flexibility index (Phi) is 19.8. The van der Waals surface area contributed by atoms with Crippen LogP contribution < -0.4 is 24.8 Å². The smallest absolute Gasteiger partial charge is 1.00 e. The first-order chi connectivity index (χ1) is 5.39. The normalized spacial score (nSPS) is 16.5. The third kappa shape index (κ3) is 10.8. The third-order valence-corrected chi connectivity index (χ3v) is 1.69. The van der Waals surface area contributed by atoms with Gasteiger partial charge in [0.2, 0.25) is 0 Å². The Morgan fingerprint density at radius 2 is 1.79 bits per heavy atom. The summed E-state index contributed by atoms with van der Waals surface area (Å²) in [5.41, 5.74) is 1.27. The van der Waals surface area contributed by atoms with Crippen LogP contribution in [0.4, 0.5) is 0 Å². The molecule has 0 aromatic rings. The van der Waals surface area contributed by atoms with Gasteiger partial charge in [-0.2, -0.15) is 6.08 Å². The van der Waals surface area contributed by atoms with Crippen molar-refractivity contribution < 1.29 is 51.3 Å². The topological polar surface area (TPSA) is 9.23 Å². The van der Waals surface area contributed by atoms with Crippen LogP contribution in [0.3, 0.4) is 0 Å². The second-order valence-electron chi connectivity index (χ2n) is 2.79. The van der Waals surface area contributed by atoms with Crippen molar-refractivity contribution >= 4 is 0 Å². The number of ether oxygens (including phenoxy) is 1. The van der Waals surface area contributed by atoms with Gasteiger partial charge in [-0.3, -0.25) is 6.08 Å². The van der Waals surface area contributed by atoms with E-state index in [2.05, 4.69) is 25.2 Å². The van der Waals surface area contributed by atoms with Gasteiger partial charge in [0, 0.05) is 13.2 Å². The van der Waals surface area contributed by atoms with Gasteiger partial charge in [-0.1, -0.05) is 6.92 Å². The zero-order chi connectivity index (χ0) is 7.94. The van der Waals surface area contributed by atoms with Crippen LogP contribution in [0.5, 0.6) is 0 Å². The van der Waals surface area contributed by atoms with Crippen LogP contribution in [0.1, 0.15) is 26.2 Å². The molecule has 0 atom stereocenters. The average molecular weight is 270 g/mol. The fourth-order valence-corrected chi connectivity index (χ4v) is 1.02. The Bertz CT molecular complexity index is 155. The van der Waals surface area contributed by atoms with Crippen molar-refractivity contribution in [3.05, 3.63) is 23.8 Å². The molecule has 0 saturated carbocycles. The average Bonchev–Trinajstić information content (AvgIpc) is 2.57. The Labute approximate surface area is 114 Å². The molecule has 0 bridgehead atoms. The summed E-state index contributed by atoms with van der Waals surface area (Å²) < 4.78 is 4.94. The van der Waals surface area contributed by atoms with E-state index in [4.69, 9.17) is 4.74 Å². The van der Waals surface area contributed by atoms with Crippen LogP contribution >= 0.6 is 0 Å². The standard InChI is InChI=1S/C6H7.C4H8O.2ClH.Ti/c1-6-4-2-3-5-6;1-2-4-5-3-1;;;/h2,4H,3H2,1H3;1-4H2;2*1H;/q-1;;;;+3/p-2. The van der Waals surface area contributed by atoms with Gasteiger partial charge >= 0.3 is 21.7 Å². The van der Waals surface area contributed by atoms with Gasteiger partial charge in [0.05, 0.1) is 0 Å². The summed E-state index contributed by atoms with van der Waals surface area (Å²) in [6.07, 6.45) is 10.9. The van der Waals surface area contributed by atoms with E-state index in [0.717, 1.165) is 19.6 Å². The van der Waals surface area contributed by atoms with Gasteiger partial charge in [-0.05, 0) is 12.8 Å².